The first kappa shape index (κ1) is 19.2. The zero-order valence-corrected chi connectivity index (χ0v) is 17.1. The first-order chi connectivity index (χ1) is 13.4. The van der Waals surface area contributed by atoms with Crippen molar-refractivity contribution in [3.8, 4) is 11.3 Å². The number of imide groups is 1. The lowest BCUT2D eigenvalue weighted by molar-refractivity contribution is -0.113. The van der Waals surface area contributed by atoms with E-state index in [9.17, 15) is 9.59 Å². The summed E-state index contributed by atoms with van der Waals surface area (Å²) in [6.07, 6.45) is 1.53. The Kier molecular flexibility index (Phi) is 5.25. The predicted molar refractivity (Wildman–Crippen MR) is 114 cm³/mol. The van der Waals surface area contributed by atoms with Gasteiger partial charge in [-0.15, -0.1) is 0 Å². The lowest BCUT2D eigenvalue weighted by Gasteiger charge is -2.12. The van der Waals surface area contributed by atoms with Gasteiger partial charge in [-0.2, -0.15) is 0 Å². The van der Waals surface area contributed by atoms with E-state index in [0.29, 0.717) is 37.8 Å². The molecule has 2 amide bonds. The second kappa shape index (κ2) is 7.68. The van der Waals surface area contributed by atoms with Gasteiger partial charge in [0.15, 0.2) is 0 Å². The van der Waals surface area contributed by atoms with Gasteiger partial charge in [0.25, 0.3) is 11.1 Å². The zero-order chi connectivity index (χ0) is 19.8. The summed E-state index contributed by atoms with van der Waals surface area (Å²) < 4.78 is 5.78. The number of thioether (sulfide) groups is 1. The van der Waals surface area contributed by atoms with E-state index in [2.05, 4.69) is 0 Å². The Morgan fingerprint density at radius 3 is 2.54 bits per heavy atom. The maximum atomic E-state index is 12.7. The molecular weight excluding hydrogens is 441 g/mol. The fraction of sp³-hybridized carbons (Fsp3) is 0. The summed E-state index contributed by atoms with van der Waals surface area (Å²) in [5.74, 6) is 0.492. The van der Waals surface area contributed by atoms with Crippen LogP contribution in [0.4, 0.5) is 10.5 Å². The summed E-state index contributed by atoms with van der Waals surface area (Å²) >= 11 is 19.1. The molecule has 0 spiro atoms. The Hall–Kier alpha value is -2.18. The standard InChI is InChI=1S/C20H10Cl3NO3S/c21-11-3-1-4-12(9-11)24-19(25)17(28-20(24)26)10-13-7-8-16(27-13)14-5-2-6-15(22)18(14)23/h1-10H. The summed E-state index contributed by atoms with van der Waals surface area (Å²) in [6, 6.07) is 15.2. The molecule has 1 aliphatic rings. The fourth-order valence-electron chi connectivity index (χ4n) is 2.70. The van der Waals surface area contributed by atoms with Gasteiger partial charge >= 0.3 is 0 Å². The summed E-state index contributed by atoms with van der Waals surface area (Å²) in [5.41, 5.74) is 1.06. The third-order valence-electron chi connectivity index (χ3n) is 3.98. The molecule has 28 heavy (non-hydrogen) atoms. The topological polar surface area (TPSA) is 50.5 Å². The summed E-state index contributed by atoms with van der Waals surface area (Å²) in [6.45, 7) is 0. The quantitative estimate of drug-likeness (QED) is 0.398. The van der Waals surface area contributed by atoms with Crippen LogP contribution in [0.1, 0.15) is 5.76 Å². The smallest absolute Gasteiger partial charge is 0.298 e. The second-order valence-electron chi connectivity index (χ2n) is 5.80. The molecule has 0 atom stereocenters. The minimum atomic E-state index is -0.434. The average Bonchev–Trinajstić information content (AvgIpc) is 3.22. The Morgan fingerprint density at radius 2 is 1.75 bits per heavy atom. The van der Waals surface area contributed by atoms with Crippen molar-refractivity contribution in [2.24, 2.45) is 0 Å². The molecule has 1 saturated heterocycles. The van der Waals surface area contributed by atoms with Gasteiger partial charge in [-0.3, -0.25) is 9.59 Å². The van der Waals surface area contributed by atoms with Crippen LogP contribution >= 0.6 is 46.6 Å². The Morgan fingerprint density at radius 1 is 0.964 bits per heavy atom. The van der Waals surface area contributed by atoms with E-state index in [0.717, 1.165) is 16.7 Å². The Bertz CT molecular complexity index is 1140. The van der Waals surface area contributed by atoms with E-state index in [1.54, 1.807) is 54.6 Å². The van der Waals surface area contributed by atoms with Crippen molar-refractivity contribution in [1.82, 2.24) is 0 Å². The molecule has 4 nitrogen and oxygen atoms in total. The third-order valence-corrected chi connectivity index (χ3v) is 5.90. The van der Waals surface area contributed by atoms with Crippen LogP contribution in [0.3, 0.4) is 0 Å². The van der Waals surface area contributed by atoms with E-state index >= 15 is 0 Å². The van der Waals surface area contributed by atoms with Crippen LogP contribution in [0.15, 0.2) is 63.9 Å². The first-order valence-electron chi connectivity index (χ1n) is 8.02. The van der Waals surface area contributed by atoms with Crippen molar-refractivity contribution in [3.05, 3.63) is 80.3 Å². The molecule has 0 bridgehead atoms. The van der Waals surface area contributed by atoms with Crippen molar-refractivity contribution in [2.75, 3.05) is 4.90 Å². The molecule has 1 aromatic heterocycles. The first-order valence-corrected chi connectivity index (χ1v) is 9.97. The van der Waals surface area contributed by atoms with Crippen LogP contribution in [-0.2, 0) is 4.79 Å². The maximum Gasteiger partial charge on any atom is 0.298 e. The molecule has 0 unspecified atom stereocenters. The van der Waals surface area contributed by atoms with Crippen LogP contribution in [0.25, 0.3) is 17.4 Å². The Balaban J connectivity index is 1.64. The third kappa shape index (κ3) is 3.59. The van der Waals surface area contributed by atoms with Gasteiger partial charge in [-0.25, -0.2) is 4.90 Å². The number of furan rings is 1. The monoisotopic (exact) mass is 449 g/mol. The highest BCUT2D eigenvalue weighted by atomic mass is 35.5. The molecule has 2 aromatic carbocycles. The highest BCUT2D eigenvalue weighted by Crippen LogP contribution is 2.38. The van der Waals surface area contributed by atoms with Gasteiger partial charge in [0.2, 0.25) is 0 Å². The minimum absolute atomic E-state index is 0.253. The normalized spacial score (nSPS) is 15.7. The van der Waals surface area contributed by atoms with Crippen molar-refractivity contribution in [2.45, 2.75) is 0 Å². The number of anilines is 1. The molecule has 2 heterocycles. The molecule has 3 aromatic rings. The van der Waals surface area contributed by atoms with Crippen molar-refractivity contribution < 1.29 is 14.0 Å². The fourth-order valence-corrected chi connectivity index (χ4v) is 4.10. The number of rotatable bonds is 3. The van der Waals surface area contributed by atoms with E-state index in [1.807, 2.05) is 0 Å². The van der Waals surface area contributed by atoms with Crippen molar-refractivity contribution >= 4 is 69.5 Å². The predicted octanol–water partition coefficient (Wildman–Crippen LogP) is 7.15. The van der Waals surface area contributed by atoms with E-state index in [-0.39, 0.29) is 4.91 Å². The maximum absolute atomic E-state index is 12.7. The lowest BCUT2D eigenvalue weighted by atomic mass is 10.2. The number of hydrogen-bond donors (Lipinski definition) is 0. The van der Waals surface area contributed by atoms with Crippen LogP contribution < -0.4 is 4.90 Å². The van der Waals surface area contributed by atoms with Crippen LogP contribution in [0.5, 0.6) is 0 Å². The van der Waals surface area contributed by atoms with Crippen LogP contribution in [-0.4, -0.2) is 11.1 Å². The number of nitrogens with zero attached hydrogens (tertiary/aromatic N) is 1. The molecule has 0 aliphatic carbocycles. The van der Waals surface area contributed by atoms with E-state index in [1.165, 1.54) is 6.08 Å². The second-order valence-corrected chi connectivity index (χ2v) is 8.02. The lowest BCUT2D eigenvalue weighted by Crippen LogP contribution is -2.27. The van der Waals surface area contributed by atoms with Crippen LogP contribution in [0, 0.1) is 0 Å². The molecule has 0 radical (unpaired) electrons. The van der Waals surface area contributed by atoms with Gasteiger partial charge in [-0.05, 0) is 54.2 Å². The molecule has 140 valence electrons. The van der Waals surface area contributed by atoms with Gasteiger partial charge in [0.05, 0.1) is 20.6 Å². The molecule has 4 rings (SSSR count). The van der Waals surface area contributed by atoms with Crippen LogP contribution in [0.2, 0.25) is 15.1 Å². The number of carbonyl (C=O) groups is 2. The largest absolute Gasteiger partial charge is 0.457 e. The van der Waals surface area contributed by atoms with Gasteiger partial charge in [0.1, 0.15) is 11.5 Å². The molecule has 8 heteroatoms. The highest BCUT2D eigenvalue weighted by Gasteiger charge is 2.36. The van der Waals surface area contributed by atoms with Gasteiger partial charge in [-0.1, -0.05) is 46.9 Å². The number of amides is 2. The number of hydrogen-bond acceptors (Lipinski definition) is 4. The molecule has 1 aliphatic heterocycles. The molecule has 1 fully saturated rings. The number of halogens is 3. The van der Waals surface area contributed by atoms with Crippen molar-refractivity contribution in [3.63, 3.8) is 0 Å². The van der Waals surface area contributed by atoms with Crippen molar-refractivity contribution in [1.29, 1.82) is 0 Å². The van der Waals surface area contributed by atoms with Gasteiger partial charge in [0, 0.05) is 16.7 Å². The van der Waals surface area contributed by atoms with E-state index < -0.39 is 11.1 Å². The molecule has 0 saturated carbocycles. The SMILES string of the molecule is O=C1SC(=Cc2ccc(-c3cccc(Cl)c3Cl)o2)C(=O)N1c1cccc(Cl)c1. The van der Waals surface area contributed by atoms with E-state index in [4.69, 9.17) is 39.2 Å². The van der Waals surface area contributed by atoms with Gasteiger partial charge < -0.3 is 4.42 Å². The number of benzene rings is 2. The molecule has 0 N–H and O–H groups in total. The summed E-state index contributed by atoms with van der Waals surface area (Å²) in [4.78, 5) is 26.4. The Labute approximate surface area is 179 Å². The minimum Gasteiger partial charge on any atom is -0.457 e. The highest BCUT2D eigenvalue weighted by molar-refractivity contribution is 8.19. The summed E-state index contributed by atoms with van der Waals surface area (Å²) in [5, 5.41) is 0.837. The number of carbonyl (C=O) groups excluding carboxylic acids is 2. The average molecular weight is 451 g/mol. The molecular formula is C20H10Cl3NO3S. The zero-order valence-electron chi connectivity index (χ0n) is 14.0. The summed E-state index contributed by atoms with van der Waals surface area (Å²) in [7, 11) is 0.